The zero-order valence-corrected chi connectivity index (χ0v) is 14.5. The molecule has 0 saturated heterocycles. The third kappa shape index (κ3) is 2.50. The van der Waals surface area contributed by atoms with Gasteiger partial charge in [-0.2, -0.15) is 0 Å². The molecule has 0 radical (unpaired) electrons. The summed E-state index contributed by atoms with van der Waals surface area (Å²) in [7, 11) is 6.55. The van der Waals surface area contributed by atoms with Crippen molar-refractivity contribution in [3.05, 3.63) is 41.0 Å². The fourth-order valence-electron chi connectivity index (χ4n) is 3.57. The molecule has 2 aromatic carbocycles. The van der Waals surface area contributed by atoms with E-state index in [9.17, 15) is 0 Å². The predicted molar refractivity (Wildman–Crippen MR) is 93.7 cm³/mol. The summed E-state index contributed by atoms with van der Waals surface area (Å²) in [5.74, 6) is 2.97. The Kier molecular flexibility index (Phi) is 4.42. The van der Waals surface area contributed by atoms with Crippen LogP contribution >= 0.6 is 0 Å². The fourth-order valence-corrected chi connectivity index (χ4v) is 3.57. The molecule has 1 aliphatic carbocycles. The van der Waals surface area contributed by atoms with Crippen LogP contribution < -0.4 is 24.7 Å². The van der Waals surface area contributed by atoms with Crippen LogP contribution in [0.5, 0.6) is 23.0 Å². The van der Waals surface area contributed by atoms with E-state index in [1.165, 1.54) is 5.56 Å². The number of fused-ring (bicyclic) bond motifs is 1. The van der Waals surface area contributed by atoms with Gasteiger partial charge in [0, 0.05) is 11.5 Å². The molecule has 1 unspecified atom stereocenters. The lowest BCUT2D eigenvalue weighted by atomic mass is 9.91. The summed E-state index contributed by atoms with van der Waals surface area (Å²) in [6.45, 7) is 0. The maximum Gasteiger partial charge on any atom is 0.203 e. The standard InChI is InChI=1S/C19H23NO4/c1-21-15-8-6-11(9-14(15)20)13-7-5-12-10-16(22-2)18(23-3)19(24-4)17(12)13/h6,8-10,13H,5,7,20H2,1-4H3. The van der Waals surface area contributed by atoms with E-state index < -0.39 is 0 Å². The first kappa shape index (κ1) is 16.3. The first-order valence-corrected chi connectivity index (χ1v) is 7.89. The first-order valence-electron chi connectivity index (χ1n) is 7.89. The molecule has 5 heteroatoms. The van der Waals surface area contributed by atoms with Crippen molar-refractivity contribution in [2.24, 2.45) is 0 Å². The van der Waals surface area contributed by atoms with Gasteiger partial charge in [0.05, 0.1) is 34.1 Å². The molecule has 2 aromatic rings. The van der Waals surface area contributed by atoms with Crippen LogP contribution in [0.25, 0.3) is 0 Å². The third-order valence-electron chi connectivity index (χ3n) is 4.66. The van der Waals surface area contributed by atoms with E-state index in [0.717, 1.165) is 29.7 Å². The zero-order chi connectivity index (χ0) is 17.3. The Morgan fingerprint density at radius 1 is 0.875 bits per heavy atom. The van der Waals surface area contributed by atoms with Gasteiger partial charge in [0.15, 0.2) is 11.5 Å². The Hall–Kier alpha value is -2.56. The topological polar surface area (TPSA) is 62.9 Å². The summed E-state index contributed by atoms with van der Waals surface area (Å²) >= 11 is 0. The van der Waals surface area contributed by atoms with Crippen molar-refractivity contribution in [3.8, 4) is 23.0 Å². The van der Waals surface area contributed by atoms with Crippen LogP contribution in [0.3, 0.4) is 0 Å². The second-order valence-electron chi connectivity index (χ2n) is 5.81. The van der Waals surface area contributed by atoms with Gasteiger partial charge < -0.3 is 24.7 Å². The largest absolute Gasteiger partial charge is 0.495 e. The van der Waals surface area contributed by atoms with Gasteiger partial charge in [-0.1, -0.05) is 6.07 Å². The lowest BCUT2D eigenvalue weighted by Gasteiger charge is -2.20. The molecular formula is C19H23NO4. The van der Waals surface area contributed by atoms with Gasteiger partial charge in [0.1, 0.15) is 5.75 Å². The normalized spacial score (nSPS) is 15.8. The van der Waals surface area contributed by atoms with Crippen molar-refractivity contribution in [3.63, 3.8) is 0 Å². The Balaban J connectivity index is 2.13. The number of anilines is 1. The average Bonchev–Trinajstić information content (AvgIpc) is 3.03. The third-order valence-corrected chi connectivity index (χ3v) is 4.66. The molecular weight excluding hydrogens is 306 g/mol. The van der Waals surface area contributed by atoms with Gasteiger partial charge in [0.25, 0.3) is 0 Å². The van der Waals surface area contributed by atoms with Crippen LogP contribution in [-0.4, -0.2) is 28.4 Å². The van der Waals surface area contributed by atoms with E-state index in [1.54, 1.807) is 28.4 Å². The molecule has 0 amide bonds. The summed E-state index contributed by atoms with van der Waals surface area (Å²) in [5, 5.41) is 0. The van der Waals surface area contributed by atoms with E-state index in [2.05, 4.69) is 6.07 Å². The van der Waals surface area contributed by atoms with Crippen LogP contribution in [0.1, 0.15) is 29.0 Å². The van der Waals surface area contributed by atoms with Crippen LogP contribution in [-0.2, 0) is 6.42 Å². The molecule has 128 valence electrons. The number of rotatable bonds is 5. The van der Waals surface area contributed by atoms with Gasteiger partial charge >= 0.3 is 0 Å². The lowest BCUT2D eigenvalue weighted by molar-refractivity contribution is 0.322. The predicted octanol–water partition coefficient (Wildman–Crippen LogP) is 3.38. The Labute approximate surface area is 142 Å². The SMILES string of the molecule is COc1ccc(C2CCc3cc(OC)c(OC)c(OC)c32)cc1N. The van der Waals surface area contributed by atoms with Crippen LogP contribution in [0, 0.1) is 0 Å². The number of benzene rings is 2. The number of hydrogen-bond acceptors (Lipinski definition) is 5. The molecule has 1 aliphatic rings. The van der Waals surface area contributed by atoms with Gasteiger partial charge in [-0.05, 0) is 42.2 Å². The highest BCUT2D eigenvalue weighted by Crippen LogP contribution is 2.51. The Morgan fingerprint density at radius 3 is 2.17 bits per heavy atom. The lowest BCUT2D eigenvalue weighted by Crippen LogP contribution is -2.04. The van der Waals surface area contributed by atoms with Crippen LogP contribution in [0.15, 0.2) is 24.3 Å². The van der Waals surface area contributed by atoms with Crippen LogP contribution in [0.2, 0.25) is 0 Å². The maximum atomic E-state index is 6.09. The number of ether oxygens (including phenoxy) is 4. The second kappa shape index (κ2) is 6.51. The molecule has 0 spiro atoms. The fraction of sp³-hybridized carbons (Fsp3) is 0.368. The molecule has 0 bridgehead atoms. The van der Waals surface area contributed by atoms with Gasteiger partial charge in [0.2, 0.25) is 5.75 Å². The number of hydrogen-bond donors (Lipinski definition) is 1. The quantitative estimate of drug-likeness (QED) is 0.852. The summed E-state index contributed by atoms with van der Waals surface area (Å²) in [5.41, 5.74) is 10.3. The minimum Gasteiger partial charge on any atom is -0.495 e. The minimum absolute atomic E-state index is 0.211. The summed E-state index contributed by atoms with van der Waals surface area (Å²) in [6, 6.07) is 8.00. The van der Waals surface area contributed by atoms with E-state index in [4.69, 9.17) is 24.7 Å². The summed E-state index contributed by atoms with van der Waals surface area (Å²) < 4.78 is 21.9. The molecule has 0 aliphatic heterocycles. The van der Waals surface area contributed by atoms with Crippen molar-refractivity contribution in [2.75, 3.05) is 34.2 Å². The average molecular weight is 329 g/mol. The monoisotopic (exact) mass is 329 g/mol. The van der Waals surface area contributed by atoms with Crippen molar-refractivity contribution < 1.29 is 18.9 Å². The first-order chi connectivity index (χ1) is 11.6. The highest BCUT2D eigenvalue weighted by Gasteiger charge is 2.32. The highest BCUT2D eigenvalue weighted by molar-refractivity contribution is 5.64. The second-order valence-corrected chi connectivity index (χ2v) is 5.81. The highest BCUT2D eigenvalue weighted by atomic mass is 16.5. The molecule has 2 N–H and O–H groups in total. The van der Waals surface area contributed by atoms with E-state index in [1.807, 2.05) is 18.2 Å². The van der Waals surface area contributed by atoms with E-state index in [-0.39, 0.29) is 5.92 Å². The molecule has 0 saturated carbocycles. The molecule has 24 heavy (non-hydrogen) atoms. The Morgan fingerprint density at radius 2 is 1.58 bits per heavy atom. The van der Waals surface area contributed by atoms with Crippen molar-refractivity contribution in [1.82, 2.24) is 0 Å². The molecule has 3 rings (SSSR count). The molecule has 1 atom stereocenters. The summed E-state index contributed by atoms with van der Waals surface area (Å²) in [4.78, 5) is 0. The Bertz CT molecular complexity index is 758. The van der Waals surface area contributed by atoms with E-state index in [0.29, 0.717) is 22.9 Å². The molecule has 0 heterocycles. The molecule has 0 aromatic heterocycles. The number of nitrogen functional groups attached to an aromatic ring is 1. The van der Waals surface area contributed by atoms with Crippen molar-refractivity contribution >= 4 is 5.69 Å². The van der Waals surface area contributed by atoms with Gasteiger partial charge in [-0.25, -0.2) is 0 Å². The van der Waals surface area contributed by atoms with Crippen LogP contribution in [0.4, 0.5) is 5.69 Å². The minimum atomic E-state index is 0.211. The van der Waals surface area contributed by atoms with Gasteiger partial charge in [-0.3, -0.25) is 0 Å². The van der Waals surface area contributed by atoms with Gasteiger partial charge in [-0.15, -0.1) is 0 Å². The molecule has 0 fully saturated rings. The number of methoxy groups -OCH3 is 4. The molecule has 5 nitrogen and oxygen atoms in total. The maximum absolute atomic E-state index is 6.09. The van der Waals surface area contributed by atoms with E-state index >= 15 is 0 Å². The van der Waals surface area contributed by atoms with Crippen molar-refractivity contribution in [1.29, 1.82) is 0 Å². The smallest absolute Gasteiger partial charge is 0.203 e. The zero-order valence-electron chi connectivity index (χ0n) is 14.5. The number of nitrogens with two attached hydrogens (primary N) is 1. The van der Waals surface area contributed by atoms with Crippen molar-refractivity contribution in [2.45, 2.75) is 18.8 Å². The summed E-state index contributed by atoms with van der Waals surface area (Å²) in [6.07, 6.45) is 1.95. The number of aryl methyl sites for hydroxylation is 1.